The minimum Gasteiger partial charge on any atom is -0.388 e. The van der Waals surface area contributed by atoms with Crippen LogP contribution in [0.3, 0.4) is 0 Å². The highest BCUT2D eigenvalue weighted by atomic mass is 19.4. The molecule has 0 radical (unpaired) electrons. The molecule has 1 aliphatic carbocycles. The first-order valence-electron chi connectivity index (χ1n) is 7.01. The molecule has 1 heterocycles. The average Bonchev–Trinajstić information content (AvgIpc) is 2.37. The molecule has 3 nitrogen and oxygen atoms in total. The van der Waals surface area contributed by atoms with Gasteiger partial charge in [0.25, 0.3) is 0 Å². The van der Waals surface area contributed by atoms with Gasteiger partial charge in [-0.05, 0) is 12.8 Å². The third kappa shape index (κ3) is 4.07. The Morgan fingerprint density at radius 3 is 2.42 bits per heavy atom. The number of ether oxygens (including phenoxy) is 1. The molecular formula is C13H22F3NO2. The van der Waals surface area contributed by atoms with Crippen LogP contribution in [0.1, 0.15) is 38.5 Å². The number of nitrogens with one attached hydrogen (secondary N) is 1. The van der Waals surface area contributed by atoms with Gasteiger partial charge in [-0.3, -0.25) is 0 Å². The maximum Gasteiger partial charge on any atom is 0.393 e. The van der Waals surface area contributed by atoms with Crippen LogP contribution in [0, 0.1) is 5.92 Å². The lowest BCUT2D eigenvalue weighted by Crippen LogP contribution is -2.52. The molecule has 19 heavy (non-hydrogen) atoms. The normalized spacial score (nSPS) is 32.2. The second-order valence-corrected chi connectivity index (χ2v) is 5.76. The van der Waals surface area contributed by atoms with Gasteiger partial charge in [0.1, 0.15) is 0 Å². The van der Waals surface area contributed by atoms with Crippen molar-refractivity contribution >= 4 is 0 Å². The van der Waals surface area contributed by atoms with Crippen molar-refractivity contribution in [2.24, 2.45) is 5.92 Å². The lowest BCUT2D eigenvalue weighted by molar-refractivity contribution is -0.190. The Labute approximate surface area is 111 Å². The first kappa shape index (κ1) is 15.1. The highest BCUT2D eigenvalue weighted by Gasteiger charge is 2.45. The fourth-order valence-corrected chi connectivity index (χ4v) is 3.02. The smallest absolute Gasteiger partial charge is 0.388 e. The molecule has 2 unspecified atom stereocenters. The van der Waals surface area contributed by atoms with E-state index in [1.54, 1.807) is 0 Å². The van der Waals surface area contributed by atoms with Crippen LogP contribution in [0.4, 0.5) is 13.2 Å². The fourth-order valence-electron chi connectivity index (χ4n) is 3.02. The van der Waals surface area contributed by atoms with Crippen LogP contribution in [0.2, 0.25) is 0 Å². The molecule has 0 aromatic heterocycles. The van der Waals surface area contributed by atoms with Crippen molar-refractivity contribution in [2.75, 3.05) is 19.8 Å². The largest absolute Gasteiger partial charge is 0.393 e. The van der Waals surface area contributed by atoms with Gasteiger partial charge < -0.3 is 15.2 Å². The average molecular weight is 281 g/mol. The van der Waals surface area contributed by atoms with Gasteiger partial charge in [-0.25, -0.2) is 0 Å². The molecule has 0 bridgehead atoms. The zero-order valence-corrected chi connectivity index (χ0v) is 11.0. The summed E-state index contributed by atoms with van der Waals surface area (Å²) >= 11 is 0. The van der Waals surface area contributed by atoms with Gasteiger partial charge in [-0.2, -0.15) is 13.2 Å². The summed E-state index contributed by atoms with van der Waals surface area (Å²) < 4.78 is 44.0. The third-order valence-electron chi connectivity index (χ3n) is 4.30. The molecule has 0 spiro atoms. The Hall–Kier alpha value is -0.330. The Kier molecular flexibility index (Phi) is 4.74. The van der Waals surface area contributed by atoms with E-state index in [0.717, 1.165) is 6.42 Å². The van der Waals surface area contributed by atoms with Gasteiger partial charge in [0.15, 0.2) is 0 Å². The molecule has 1 aliphatic heterocycles. The molecule has 2 aliphatic rings. The summed E-state index contributed by atoms with van der Waals surface area (Å²) in [7, 11) is 0. The van der Waals surface area contributed by atoms with E-state index in [0.29, 0.717) is 38.9 Å². The van der Waals surface area contributed by atoms with Crippen molar-refractivity contribution in [3.63, 3.8) is 0 Å². The SMILES string of the molecule is OC1(CNC2CCCCC2C(F)(F)F)CCOCC1. The third-order valence-corrected chi connectivity index (χ3v) is 4.30. The summed E-state index contributed by atoms with van der Waals surface area (Å²) in [5.74, 6) is -1.27. The van der Waals surface area contributed by atoms with Crippen LogP contribution in [0.25, 0.3) is 0 Å². The number of hydrogen-bond acceptors (Lipinski definition) is 3. The fraction of sp³-hybridized carbons (Fsp3) is 1.00. The van der Waals surface area contributed by atoms with Crippen LogP contribution in [0.5, 0.6) is 0 Å². The van der Waals surface area contributed by atoms with Crippen molar-refractivity contribution in [3.8, 4) is 0 Å². The van der Waals surface area contributed by atoms with Gasteiger partial charge in [-0.1, -0.05) is 12.8 Å². The van der Waals surface area contributed by atoms with E-state index in [-0.39, 0.29) is 13.0 Å². The molecule has 1 saturated carbocycles. The van der Waals surface area contributed by atoms with Gasteiger partial charge >= 0.3 is 6.18 Å². The molecule has 1 saturated heterocycles. The molecule has 0 aromatic carbocycles. The van der Waals surface area contributed by atoms with Crippen molar-refractivity contribution in [1.29, 1.82) is 0 Å². The van der Waals surface area contributed by atoms with E-state index in [1.807, 2.05) is 0 Å². The summed E-state index contributed by atoms with van der Waals surface area (Å²) in [6, 6.07) is -0.555. The molecule has 112 valence electrons. The molecule has 2 rings (SSSR count). The van der Waals surface area contributed by atoms with Gasteiger partial charge in [0.05, 0.1) is 11.5 Å². The standard InChI is InChI=1S/C13H22F3NO2/c14-13(15,16)10-3-1-2-4-11(10)17-9-12(18)5-7-19-8-6-12/h10-11,17-18H,1-9H2. The highest BCUT2D eigenvalue weighted by Crippen LogP contribution is 2.38. The van der Waals surface area contributed by atoms with Crippen LogP contribution < -0.4 is 5.32 Å². The highest BCUT2D eigenvalue weighted by molar-refractivity contribution is 4.90. The summed E-state index contributed by atoms with van der Waals surface area (Å²) in [4.78, 5) is 0. The summed E-state index contributed by atoms with van der Waals surface area (Å²) in [5, 5.41) is 13.2. The second kappa shape index (κ2) is 5.97. The zero-order chi connectivity index (χ0) is 13.9. The predicted octanol–water partition coefficient (Wildman–Crippen LogP) is 2.24. The first-order valence-corrected chi connectivity index (χ1v) is 7.01. The summed E-state index contributed by atoms with van der Waals surface area (Å²) in [5.41, 5.74) is -0.911. The quantitative estimate of drug-likeness (QED) is 0.833. The number of hydrogen-bond donors (Lipinski definition) is 2. The molecular weight excluding hydrogens is 259 g/mol. The number of halogens is 3. The maximum atomic E-state index is 12.9. The maximum absolute atomic E-state index is 12.9. The molecule has 2 atom stereocenters. The summed E-state index contributed by atoms with van der Waals surface area (Å²) in [6.07, 6.45) is -0.963. The molecule has 2 N–H and O–H groups in total. The molecule has 0 aromatic rings. The first-order chi connectivity index (χ1) is 8.91. The van der Waals surface area contributed by atoms with Crippen molar-refractivity contribution in [3.05, 3.63) is 0 Å². The zero-order valence-electron chi connectivity index (χ0n) is 11.0. The Balaban J connectivity index is 1.89. The van der Waals surface area contributed by atoms with E-state index < -0.39 is 23.7 Å². The Morgan fingerprint density at radius 2 is 1.79 bits per heavy atom. The lowest BCUT2D eigenvalue weighted by Gasteiger charge is -2.38. The molecule has 2 fully saturated rings. The van der Waals surface area contributed by atoms with E-state index in [9.17, 15) is 18.3 Å². The molecule has 6 heteroatoms. The molecule has 0 amide bonds. The number of aliphatic hydroxyl groups is 1. The van der Waals surface area contributed by atoms with E-state index in [4.69, 9.17) is 4.74 Å². The van der Waals surface area contributed by atoms with Crippen molar-refractivity contribution in [1.82, 2.24) is 5.32 Å². The van der Waals surface area contributed by atoms with Crippen LogP contribution >= 0.6 is 0 Å². The van der Waals surface area contributed by atoms with E-state index >= 15 is 0 Å². The number of rotatable bonds is 3. The topological polar surface area (TPSA) is 41.5 Å². The van der Waals surface area contributed by atoms with Crippen molar-refractivity contribution in [2.45, 2.75) is 56.3 Å². The van der Waals surface area contributed by atoms with Gasteiger partial charge in [0.2, 0.25) is 0 Å². The second-order valence-electron chi connectivity index (χ2n) is 5.76. The lowest BCUT2D eigenvalue weighted by atomic mass is 9.83. The van der Waals surface area contributed by atoms with Crippen LogP contribution in [0.15, 0.2) is 0 Å². The monoisotopic (exact) mass is 281 g/mol. The van der Waals surface area contributed by atoms with Crippen LogP contribution in [-0.2, 0) is 4.74 Å². The predicted molar refractivity (Wildman–Crippen MR) is 64.8 cm³/mol. The summed E-state index contributed by atoms with van der Waals surface area (Å²) in [6.45, 7) is 1.19. The minimum absolute atomic E-state index is 0.197. The Morgan fingerprint density at radius 1 is 1.16 bits per heavy atom. The van der Waals surface area contributed by atoms with Crippen LogP contribution in [-0.4, -0.2) is 42.7 Å². The van der Waals surface area contributed by atoms with E-state index in [2.05, 4.69) is 5.32 Å². The number of alkyl halides is 3. The van der Waals surface area contributed by atoms with Gasteiger partial charge in [0, 0.05) is 38.6 Å². The Bertz CT molecular complexity index is 290. The minimum atomic E-state index is -4.14. The van der Waals surface area contributed by atoms with E-state index in [1.165, 1.54) is 0 Å². The van der Waals surface area contributed by atoms with Crippen molar-refractivity contribution < 1.29 is 23.0 Å². The van der Waals surface area contributed by atoms with Gasteiger partial charge in [-0.15, -0.1) is 0 Å².